The van der Waals surface area contributed by atoms with E-state index in [0.29, 0.717) is 17.8 Å². The van der Waals surface area contributed by atoms with Crippen LogP contribution in [-0.4, -0.2) is 40.7 Å². The molecule has 0 saturated heterocycles. The summed E-state index contributed by atoms with van der Waals surface area (Å²) in [5, 5.41) is 10.1. The maximum atomic E-state index is 12.3. The molecule has 1 aromatic carbocycles. The molecule has 1 heterocycles. The molecule has 22 heavy (non-hydrogen) atoms. The van der Waals surface area contributed by atoms with E-state index in [-0.39, 0.29) is 29.0 Å². The van der Waals surface area contributed by atoms with Crippen LogP contribution in [0.4, 0.5) is 0 Å². The third kappa shape index (κ3) is 2.88. The number of H-pyrrole nitrogens is 1. The second kappa shape index (κ2) is 6.46. The number of rotatable bonds is 5. The van der Waals surface area contributed by atoms with Crippen molar-refractivity contribution >= 4 is 23.0 Å². The number of ether oxygens (including phenoxy) is 2. The number of hydrogen-bond acceptors (Lipinski definition) is 6. The Morgan fingerprint density at radius 1 is 1.32 bits per heavy atom. The summed E-state index contributed by atoms with van der Waals surface area (Å²) in [5.74, 6) is -1.33. The Bertz CT molecular complexity index is 720. The van der Waals surface area contributed by atoms with Gasteiger partial charge in [-0.1, -0.05) is 13.3 Å². The highest BCUT2D eigenvalue weighted by atomic mass is 16.5. The van der Waals surface area contributed by atoms with Crippen molar-refractivity contribution in [2.45, 2.75) is 26.7 Å². The number of esters is 2. The van der Waals surface area contributed by atoms with Crippen molar-refractivity contribution in [2.75, 3.05) is 13.7 Å². The first kappa shape index (κ1) is 15.8. The van der Waals surface area contributed by atoms with E-state index in [1.54, 1.807) is 6.92 Å². The molecule has 0 bridgehead atoms. The lowest BCUT2D eigenvalue weighted by atomic mass is 10.0. The summed E-state index contributed by atoms with van der Waals surface area (Å²) in [7, 11) is 1.17. The van der Waals surface area contributed by atoms with Crippen molar-refractivity contribution in [3.8, 4) is 5.75 Å². The molecule has 0 unspecified atom stereocenters. The van der Waals surface area contributed by atoms with E-state index in [2.05, 4.69) is 14.7 Å². The van der Waals surface area contributed by atoms with Gasteiger partial charge in [-0.3, -0.25) is 0 Å². The van der Waals surface area contributed by atoms with Crippen LogP contribution >= 0.6 is 0 Å². The van der Waals surface area contributed by atoms with Gasteiger partial charge in [0.1, 0.15) is 28.2 Å². The molecular formula is C15H18N2O5. The Morgan fingerprint density at radius 3 is 2.68 bits per heavy atom. The number of unbranched alkanes of at least 4 members (excludes halogenated alkanes) is 1. The van der Waals surface area contributed by atoms with Gasteiger partial charge >= 0.3 is 11.9 Å². The molecule has 0 aliphatic heterocycles. The normalized spacial score (nSPS) is 10.7. The summed E-state index contributed by atoms with van der Waals surface area (Å²) in [6.45, 7) is 3.91. The summed E-state index contributed by atoms with van der Waals surface area (Å²) < 4.78 is 9.81. The number of methoxy groups -OCH3 is 1. The SMILES string of the molecule is CCCCOC(=O)c1c(C(=O)OC)c(O)cc2[nH]c(C)nc12. The number of phenolic OH excluding ortho intramolecular Hbond substituents is 1. The van der Waals surface area contributed by atoms with Crippen LogP contribution < -0.4 is 0 Å². The number of aromatic nitrogens is 2. The Labute approximate surface area is 127 Å². The average molecular weight is 306 g/mol. The third-order valence-electron chi connectivity index (χ3n) is 3.20. The van der Waals surface area contributed by atoms with Gasteiger partial charge in [-0.05, 0) is 13.3 Å². The third-order valence-corrected chi connectivity index (χ3v) is 3.20. The Hall–Kier alpha value is -2.57. The quantitative estimate of drug-likeness (QED) is 0.649. The van der Waals surface area contributed by atoms with Crippen LogP contribution in [0.25, 0.3) is 11.0 Å². The van der Waals surface area contributed by atoms with Gasteiger partial charge in [-0.15, -0.1) is 0 Å². The molecule has 0 radical (unpaired) electrons. The number of nitrogens with one attached hydrogen (secondary N) is 1. The molecule has 7 heteroatoms. The number of benzene rings is 1. The molecule has 0 saturated carbocycles. The Kier molecular flexibility index (Phi) is 4.65. The zero-order valence-electron chi connectivity index (χ0n) is 12.7. The molecule has 0 fully saturated rings. The minimum atomic E-state index is -0.817. The lowest BCUT2D eigenvalue weighted by molar-refractivity contribution is 0.0482. The zero-order valence-corrected chi connectivity index (χ0v) is 12.7. The van der Waals surface area contributed by atoms with E-state index in [1.165, 1.54) is 13.2 Å². The first-order valence-corrected chi connectivity index (χ1v) is 6.97. The fourth-order valence-electron chi connectivity index (χ4n) is 2.15. The minimum absolute atomic E-state index is 0.0812. The highest BCUT2D eigenvalue weighted by molar-refractivity contribution is 6.12. The molecule has 0 aliphatic rings. The Balaban J connectivity index is 2.60. The first-order chi connectivity index (χ1) is 10.5. The zero-order chi connectivity index (χ0) is 16.3. The fourth-order valence-corrected chi connectivity index (χ4v) is 2.15. The van der Waals surface area contributed by atoms with Gasteiger partial charge in [0, 0.05) is 6.07 Å². The van der Waals surface area contributed by atoms with Crippen LogP contribution in [0.15, 0.2) is 6.07 Å². The van der Waals surface area contributed by atoms with Crippen molar-refractivity contribution in [2.24, 2.45) is 0 Å². The number of aryl methyl sites for hydroxylation is 1. The number of fused-ring (bicyclic) bond motifs is 1. The predicted molar refractivity (Wildman–Crippen MR) is 79.0 cm³/mol. The first-order valence-electron chi connectivity index (χ1n) is 6.97. The van der Waals surface area contributed by atoms with Crippen LogP contribution in [0.5, 0.6) is 5.75 Å². The summed E-state index contributed by atoms with van der Waals surface area (Å²) in [6, 6.07) is 1.34. The van der Waals surface area contributed by atoms with Crippen molar-refractivity contribution in [1.82, 2.24) is 9.97 Å². The van der Waals surface area contributed by atoms with E-state index in [0.717, 1.165) is 6.42 Å². The number of phenols is 1. The van der Waals surface area contributed by atoms with E-state index >= 15 is 0 Å². The lowest BCUT2D eigenvalue weighted by Gasteiger charge is -2.10. The predicted octanol–water partition coefficient (Wildman–Crippen LogP) is 2.32. The van der Waals surface area contributed by atoms with E-state index in [1.807, 2.05) is 6.92 Å². The summed E-state index contributed by atoms with van der Waals surface area (Å²) in [4.78, 5) is 31.4. The second-order valence-corrected chi connectivity index (χ2v) is 4.85. The van der Waals surface area contributed by atoms with Crippen molar-refractivity contribution in [1.29, 1.82) is 0 Å². The van der Waals surface area contributed by atoms with Gasteiger partial charge in [-0.25, -0.2) is 14.6 Å². The molecule has 0 spiro atoms. The molecule has 1 aromatic heterocycles. The highest BCUT2D eigenvalue weighted by Crippen LogP contribution is 2.30. The molecule has 0 aliphatic carbocycles. The number of carbonyl (C=O) groups excluding carboxylic acids is 2. The number of imidazole rings is 1. The number of aromatic hydroxyl groups is 1. The average Bonchev–Trinajstić information content (AvgIpc) is 2.84. The van der Waals surface area contributed by atoms with Crippen molar-refractivity contribution in [3.63, 3.8) is 0 Å². The van der Waals surface area contributed by atoms with E-state index in [4.69, 9.17) is 4.74 Å². The number of nitrogens with zero attached hydrogens (tertiary/aromatic N) is 1. The molecule has 0 atom stereocenters. The van der Waals surface area contributed by atoms with Gasteiger partial charge in [0.05, 0.1) is 19.2 Å². The van der Waals surface area contributed by atoms with Crippen LogP contribution in [0, 0.1) is 6.92 Å². The molecule has 118 valence electrons. The maximum absolute atomic E-state index is 12.3. The largest absolute Gasteiger partial charge is 0.507 e. The van der Waals surface area contributed by atoms with Gasteiger partial charge in [-0.2, -0.15) is 0 Å². The second-order valence-electron chi connectivity index (χ2n) is 4.85. The fraction of sp³-hybridized carbons (Fsp3) is 0.400. The van der Waals surface area contributed by atoms with Crippen LogP contribution in [0.1, 0.15) is 46.3 Å². The standard InChI is InChI=1S/C15H18N2O5/c1-4-5-6-22-15(20)12-11(14(19)21-3)10(18)7-9-13(12)17-8(2)16-9/h7,18H,4-6H2,1-3H3,(H,16,17). The number of carbonyl (C=O) groups is 2. The topological polar surface area (TPSA) is 102 Å². The van der Waals surface area contributed by atoms with Crippen LogP contribution in [-0.2, 0) is 9.47 Å². The number of aromatic amines is 1. The van der Waals surface area contributed by atoms with Crippen LogP contribution in [0.3, 0.4) is 0 Å². The Morgan fingerprint density at radius 2 is 2.05 bits per heavy atom. The van der Waals surface area contributed by atoms with Crippen molar-refractivity contribution in [3.05, 3.63) is 23.0 Å². The molecule has 0 amide bonds. The summed E-state index contributed by atoms with van der Waals surface area (Å²) >= 11 is 0. The maximum Gasteiger partial charge on any atom is 0.342 e. The van der Waals surface area contributed by atoms with Gasteiger partial charge in [0.2, 0.25) is 0 Å². The molecule has 2 rings (SSSR count). The molecular weight excluding hydrogens is 288 g/mol. The van der Waals surface area contributed by atoms with Gasteiger partial charge in [0.15, 0.2) is 0 Å². The van der Waals surface area contributed by atoms with E-state index < -0.39 is 11.9 Å². The monoisotopic (exact) mass is 306 g/mol. The van der Waals surface area contributed by atoms with Crippen LogP contribution in [0.2, 0.25) is 0 Å². The van der Waals surface area contributed by atoms with Crippen molar-refractivity contribution < 1.29 is 24.2 Å². The summed E-state index contributed by atoms with van der Waals surface area (Å²) in [6.07, 6.45) is 1.58. The molecule has 2 N–H and O–H groups in total. The minimum Gasteiger partial charge on any atom is -0.507 e. The summed E-state index contributed by atoms with van der Waals surface area (Å²) in [5.41, 5.74) is 0.410. The highest BCUT2D eigenvalue weighted by Gasteiger charge is 2.28. The lowest BCUT2D eigenvalue weighted by Crippen LogP contribution is -2.14. The smallest absolute Gasteiger partial charge is 0.342 e. The number of hydrogen-bond donors (Lipinski definition) is 2. The molecule has 2 aromatic rings. The van der Waals surface area contributed by atoms with Gasteiger partial charge < -0.3 is 19.6 Å². The van der Waals surface area contributed by atoms with Gasteiger partial charge in [0.25, 0.3) is 0 Å². The molecule has 7 nitrogen and oxygen atoms in total. The van der Waals surface area contributed by atoms with E-state index in [9.17, 15) is 14.7 Å².